The van der Waals surface area contributed by atoms with Gasteiger partial charge in [0.05, 0.1) is 0 Å². The molecule has 1 N–H and O–H groups in total. The lowest BCUT2D eigenvalue weighted by atomic mass is 10.2. The molecule has 0 bridgehead atoms. The number of nitrogens with zero attached hydrogens (tertiary/aromatic N) is 1. The van der Waals surface area contributed by atoms with Gasteiger partial charge in [-0.3, -0.25) is 0 Å². The van der Waals surface area contributed by atoms with Gasteiger partial charge in [0.1, 0.15) is 5.75 Å². The third-order valence-corrected chi connectivity index (χ3v) is 2.15. The van der Waals surface area contributed by atoms with Gasteiger partial charge in [-0.05, 0) is 18.2 Å². The topological polar surface area (TPSA) is 46.3 Å². The molecule has 0 saturated heterocycles. The Morgan fingerprint density at radius 3 is 2.44 bits per heavy atom. The monoisotopic (exact) mass is 213 g/mol. The van der Waals surface area contributed by atoms with E-state index in [2.05, 4.69) is 0 Å². The van der Waals surface area contributed by atoms with Gasteiger partial charge < -0.3 is 10.3 Å². The molecule has 0 aromatic heterocycles. The Labute approximate surface area is 93.5 Å². The smallest absolute Gasteiger partial charge is 0.216 e. The van der Waals surface area contributed by atoms with Crippen LogP contribution in [0.2, 0.25) is 0 Å². The second kappa shape index (κ2) is 4.49. The van der Waals surface area contributed by atoms with E-state index in [9.17, 15) is 10.3 Å². The van der Waals surface area contributed by atoms with Gasteiger partial charge in [0.25, 0.3) is 0 Å². The van der Waals surface area contributed by atoms with E-state index in [1.807, 2.05) is 6.07 Å². The van der Waals surface area contributed by atoms with E-state index in [-0.39, 0.29) is 5.75 Å². The van der Waals surface area contributed by atoms with Crippen LogP contribution in [0.5, 0.6) is 5.75 Å². The normalized spacial score (nSPS) is 11.4. The number of phenols is 1. The summed E-state index contributed by atoms with van der Waals surface area (Å²) in [5, 5.41) is 21.0. The number of para-hydroxylation sites is 1. The van der Waals surface area contributed by atoms with Gasteiger partial charge in [0.2, 0.25) is 5.69 Å². The van der Waals surface area contributed by atoms with E-state index in [1.54, 1.807) is 42.5 Å². The van der Waals surface area contributed by atoms with Gasteiger partial charge in [-0.15, -0.1) is 0 Å². The van der Waals surface area contributed by atoms with Crippen molar-refractivity contribution in [3.8, 4) is 5.75 Å². The molecule has 3 nitrogen and oxygen atoms in total. The highest BCUT2D eigenvalue weighted by atomic mass is 16.5. The molecule has 0 heterocycles. The molecule has 3 heteroatoms. The third kappa shape index (κ3) is 2.39. The zero-order valence-corrected chi connectivity index (χ0v) is 8.58. The van der Waals surface area contributed by atoms with Crippen molar-refractivity contribution in [2.45, 2.75) is 0 Å². The largest absolute Gasteiger partial charge is 0.618 e. The van der Waals surface area contributed by atoms with Crippen molar-refractivity contribution in [1.82, 2.24) is 0 Å². The van der Waals surface area contributed by atoms with Crippen molar-refractivity contribution in [3.63, 3.8) is 0 Å². The minimum Gasteiger partial charge on any atom is -0.618 e. The fourth-order valence-electron chi connectivity index (χ4n) is 1.39. The molecule has 80 valence electrons. The van der Waals surface area contributed by atoms with E-state index < -0.39 is 0 Å². The summed E-state index contributed by atoms with van der Waals surface area (Å²) >= 11 is 0. The number of phenolic OH excluding ortho intramolecular Hbond substituents is 1. The second-order valence-corrected chi connectivity index (χ2v) is 3.39. The quantitative estimate of drug-likeness (QED) is 0.361. The predicted molar refractivity (Wildman–Crippen MR) is 63.0 cm³/mol. The Hall–Kier alpha value is -2.29. The summed E-state index contributed by atoms with van der Waals surface area (Å²) < 4.78 is 0.773. The number of rotatable bonds is 2. The van der Waals surface area contributed by atoms with Gasteiger partial charge in [0.15, 0.2) is 6.21 Å². The number of hydrogen-bond donors (Lipinski definition) is 1. The van der Waals surface area contributed by atoms with Crippen molar-refractivity contribution in [3.05, 3.63) is 65.4 Å². The van der Waals surface area contributed by atoms with Crippen molar-refractivity contribution in [1.29, 1.82) is 0 Å². The Morgan fingerprint density at radius 2 is 1.75 bits per heavy atom. The Bertz CT molecular complexity index is 506. The van der Waals surface area contributed by atoms with Crippen LogP contribution in [-0.2, 0) is 0 Å². The van der Waals surface area contributed by atoms with Crippen LogP contribution in [0.25, 0.3) is 0 Å². The first-order chi connectivity index (χ1) is 7.75. The van der Waals surface area contributed by atoms with E-state index in [1.165, 1.54) is 12.3 Å². The first-order valence-corrected chi connectivity index (χ1v) is 4.91. The van der Waals surface area contributed by atoms with Gasteiger partial charge in [-0.25, -0.2) is 0 Å². The van der Waals surface area contributed by atoms with E-state index in [0.717, 1.165) is 4.74 Å². The molecule has 2 aromatic rings. The Morgan fingerprint density at radius 1 is 1.00 bits per heavy atom. The highest BCUT2D eigenvalue weighted by molar-refractivity contribution is 5.77. The fraction of sp³-hybridized carbons (Fsp3) is 0. The maximum Gasteiger partial charge on any atom is 0.216 e. The minimum atomic E-state index is 0.148. The summed E-state index contributed by atoms with van der Waals surface area (Å²) in [5.41, 5.74) is 1.23. The lowest BCUT2D eigenvalue weighted by Gasteiger charge is -2.02. The van der Waals surface area contributed by atoms with Crippen LogP contribution < -0.4 is 0 Å². The molecule has 0 radical (unpaired) electrons. The van der Waals surface area contributed by atoms with Crippen LogP contribution in [0.4, 0.5) is 5.69 Å². The highest BCUT2D eigenvalue weighted by Crippen LogP contribution is 2.12. The van der Waals surface area contributed by atoms with E-state index >= 15 is 0 Å². The number of aromatic hydroxyl groups is 1. The fourth-order valence-corrected chi connectivity index (χ4v) is 1.39. The van der Waals surface area contributed by atoms with Crippen molar-refractivity contribution in [2.75, 3.05) is 0 Å². The van der Waals surface area contributed by atoms with Crippen LogP contribution in [0.1, 0.15) is 5.56 Å². The van der Waals surface area contributed by atoms with Crippen LogP contribution >= 0.6 is 0 Å². The number of benzene rings is 2. The zero-order valence-electron chi connectivity index (χ0n) is 8.58. The summed E-state index contributed by atoms with van der Waals surface area (Å²) in [6.45, 7) is 0. The van der Waals surface area contributed by atoms with Gasteiger partial charge in [-0.1, -0.05) is 24.3 Å². The van der Waals surface area contributed by atoms with Crippen molar-refractivity contribution in [2.24, 2.45) is 0 Å². The molecular formula is C13H11NO2. The second-order valence-electron chi connectivity index (χ2n) is 3.39. The molecular weight excluding hydrogens is 202 g/mol. The van der Waals surface area contributed by atoms with Gasteiger partial charge >= 0.3 is 0 Å². The molecule has 0 saturated carbocycles. The first-order valence-electron chi connectivity index (χ1n) is 4.91. The van der Waals surface area contributed by atoms with E-state index in [4.69, 9.17) is 0 Å². The molecule has 0 fully saturated rings. The highest BCUT2D eigenvalue weighted by Gasteiger charge is 2.00. The number of hydrogen-bond acceptors (Lipinski definition) is 2. The molecule has 0 unspecified atom stereocenters. The zero-order chi connectivity index (χ0) is 11.4. The van der Waals surface area contributed by atoms with Crippen molar-refractivity contribution < 1.29 is 9.85 Å². The molecule has 0 aliphatic rings. The van der Waals surface area contributed by atoms with Gasteiger partial charge in [0, 0.05) is 17.7 Å². The minimum absolute atomic E-state index is 0.148. The van der Waals surface area contributed by atoms with Crippen LogP contribution in [-0.4, -0.2) is 16.1 Å². The summed E-state index contributed by atoms with van der Waals surface area (Å²) in [6, 6.07) is 15.5. The molecule has 16 heavy (non-hydrogen) atoms. The lowest BCUT2D eigenvalue weighted by molar-refractivity contribution is -0.354. The standard InChI is InChI=1S/C13H11NO2/c15-13-8-4-5-11(9-13)10-14(16)12-6-2-1-3-7-12/h1-10,15H. The molecule has 0 spiro atoms. The average molecular weight is 213 g/mol. The lowest BCUT2D eigenvalue weighted by Crippen LogP contribution is -1.98. The van der Waals surface area contributed by atoms with Crippen LogP contribution in [0.15, 0.2) is 54.6 Å². The molecule has 2 aromatic carbocycles. The predicted octanol–water partition coefficient (Wildman–Crippen LogP) is 2.65. The Kier molecular flexibility index (Phi) is 2.87. The van der Waals surface area contributed by atoms with E-state index in [0.29, 0.717) is 11.3 Å². The van der Waals surface area contributed by atoms with Crippen molar-refractivity contribution >= 4 is 11.9 Å². The first kappa shape index (κ1) is 10.2. The molecule has 0 aliphatic heterocycles. The van der Waals surface area contributed by atoms with Crippen LogP contribution in [0.3, 0.4) is 0 Å². The molecule has 0 amide bonds. The molecule has 2 rings (SSSR count). The summed E-state index contributed by atoms with van der Waals surface area (Å²) in [6.07, 6.45) is 1.43. The summed E-state index contributed by atoms with van der Waals surface area (Å²) in [4.78, 5) is 0. The molecule has 0 atom stereocenters. The maximum atomic E-state index is 11.7. The SMILES string of the molecule is [O-][N+](=Cc1cccc(O)c1)c1ccccc1. The summed E-state index contributed by atoms with van der Waals surface area (Å²) in [5.74, 6) is 0.148. The maximum absolute atomic E-state index is 11.7. The molecule has 0 aliphatic carbocycles. The van der Waals surface area contributed by atoms with Gasteiger partial charge in [-0.2, -0.15) is 4.74 Å². The average Bonchev–Trinajstić information content (AvgIpc) is 2.30. The third-order valence-electron chi connectivity index (χ3n) is 2.15. The Balaban J connectivity index is 2.32. The van der Waals surface area contributed by atoms with Crippen LogP contribution in [0, 0.1) is 5.21 Å². The summed E-state index contributed by atoms with van der Waals surface area (Å²) in [7, 11) is 0.